The Kier molecular flexibility index (Phi) is 7.02. The molecule has 1 atom stereocenters. The van der Waals surface area contributed by atoms with E-state index in [0.717, 1.165) is 29.3 Å². The van der Waals surface area contributed by atoms with Crippen molar-refractivity contribution in [3.05, 3.63) is 69.9 Å². The molecule has 1 aromatic heterocycles. The van der Waals surface area contributed by atoms with Gasteiger partial charge in [-0.05, 0) is 60.9 Å². The predicted octanol–water partition coefficient (Wildman–Crippen LogP) is 7.51. The molecule has 3 nitrogen and oxygen atoms in total. The van der Waals surface area contributed by atoms with Crippen molar-refractivity contribution in [2.75, 3.05) is 0 Å². The van der Waals surface area contributed by atoms with Crippen LogP contribution in [0.4, 0.5) is 0 Å². The summed E-state index contributed by atoms with van der Waals surface area (Å²) >= 11 is 6.26. The normalized spacial score (nSPS) is 16.3. The van der Waals surface area contributed by atoms with Gasteiger partial charge in [0.05, 0.1) is 11.1 Å². The molecule has 0 saturated carbocycles. The molecular weight excluding hydrogens is 406 g/mol. The second-order valence-electron chi connectivity index (χ2n) is 8.96. The fourth-order valence-electron chi connectivity index (χ4n) is 5.26. The lowest BCUT2D eigenvalue weighted by Gasteiger charge is -2.18. The van der Waals surface area contributed by atoms with Crippen LogP contribution in [0.15, 0.2) is 42.5 Å². The van der Waals surface area contributed by atoms with Crippen molar-refractivity contribution < 1.29 is 9.90 Å². The predicted molar refractivity (Wildman–Crippen MR) is 128 cm³/mol. The topological polar surface area (TPSA) is 42.2 Å². The maximum Gasteiger partial charge on any atom is 0.337 e. The van der Waals surface area contributed by atoms with Crippen LogP contribution in [0.5, 0.6) is 0 Å². The molecule has 1 aliphatic carbocycles. The third-order valence-corrected chi connectivity index (χ3v) is 6.99. The SMILES string of the molecule is CCCCCCC1CCCc2c(n(Cc3cccc(Cl)c3)c3c(C(=O)O)cccc23)C1. The average Bonchev–Trinajstić information content (AvgIpc) is 2.90. The number of nitrogens with zero attached hydrogens (tertiary/aromatic N) is 1. The Bertz CT molecular complexity index is 1070. The fourth-order valence-corrected chi connectivity index (χ4v) is 5.47. The second kappa shape index (κ2) is 9.91. The van der Waals surface area contributed by atoms with Gasteiger partial charge in [-0.2, -0.15) is 0 Å². The van der Waals surface area contributed by atoms with E-state index in [1.165, 1.54) is 56.2 Å². The van der Waals surface area contributed by atoms with E-state index < -0.39 is 5.97 Å². The highest BCUT2D eigenvalue weighted by molar-refractivity contribution is 6.30. The molecule has 0 bridgehead atoms. The zero-order chi connectivity index (χ0) is 21.8. The molecule has 1 aliphatic rings. The Hall–Kier alpha value is -2.26. The van der Waals surface area contributed by atoms with Gasteiger partial charge in [-0.3, -0.25) is 0 Å². The molecule has 0 aliphatic heterocycles. The highest BCUT2D eigenvalue weighted by Gasteiger charge is 2.26. The molecular formula is C27H32ClNO2. The molecule has 0 saturated heterocycles. The van der Waals surface area contributed by atoms with E-state index in [-0.39, 0.29) is 0 Å². The summed E-state index contributed by atoms with van der Waals surface area (Å²) in [6.45, 7) is 2.91. The van der Waals surface area contributed by atoms with Gasteiger partial charge in [0.15, 0.2) is 0 Å². The smallest absolute Gasteiger partial charge is 0.337 e. The number of aryl methyl sites for hydroxylation is 1. The number of carboxylic acid groups (broad SMARTS) is 1. The lowest BCUT2D eigenvalue weighted by atomic mass is 9.93. The van der Waals surface area contributed by atoms with Crippen LogP contribution in [0.3, 0.4) is 0 Å². The number of hydrogen-bond acceptors (Lipinski definition) is 1. The minimum absolute atomic E-state index is 0.395. The summed E-state index contributed by atoms with van der Waals surface area (Å²) in [6.07, 6.45) is 11.0. The molecule has 4 rings (SSSR count). The number of halogens is 1. The molecule has 3 aromatic rings. The third kappa shape index (κ3) is 4.82. The Labute approximate surface area is 190 Å². The number of benzene rings is 2. The fraction of sp³-hybridized carbons (Fsp3) is 0.444. The molecule has 0 fully saturated rings. The minimum Gasteiger partial charge on any atom is -0.478 e. The molecule has 164 valence electrons. The van der Waals surface area contributed by atoms with E-state index in [4.69, 9.17) is 11.6 Å². The maximum absolute atomic E-state index is 12.1. The van der Waals surface area contributed by atoms with Gasteiger partial charge in [0, 0.05) is 22.6 Å². The summed E-state index contributed by atoms with van der Waals surface area (Å²) in [7, 11) is 0. The molecule has 0 spiro atoms. The number of carbonyl (C=O) groups is 1. The van der Waals surface area contributed by atoms with Gasteiger partial charge in [0.25, 0.3) is 0 Å². The molecule has 4 heteroatoms. The van der Waals surface area contributed by atoms with Crippen molar-refractivity contribution >= 4 is 28.5 Å². The average molecular weight is 438 g/mol. The maximum atomic E-state index is 12.1. The number of aromatic nitrogens is 1. The van der Waals surface area contributed by atoms with Crippen LogP contribution in [-0.2, 0) is 19.4 Å². The minimum atomic E-state index is -0.860. The Morgan fingerprint density at radius 1 is 1.16 bits per heavy atom. The standard InChI is InChI=1S/C27H32ClNO2/c1-2-3-4-5-9-19-10-7-13-22-23-14-8-15-24(27(30)31)26(23)29(25(22)17-19)18-20-11-6-12-21(28)16-20/h6,8,11-12,14-16,19H,2-5,7,9-10,13,17-18H2,1H3,(H,30,31). The number of para-hydroxylation sites is 1. The summed E-state index contributed by atoms with van der Waals surface area (Å²) < 4.78 is 2.28. The van der Waals surface area contributed by atoms with Crippen LogP contribution in [0.1, 0.15) is 79.0 Å². The number of carboxylic acids is 1. The first-order chi connectivity index (χ1) is 15.1. The van der Waals surface area contributed by atoms with Crippen LogP contribution < -0.4 is 0 Å². The van der Waals surface area contributed by atoms with E-state index in [0.29, 0.717) is 23.0 Å². The van der Waals surface area contributed by atoms with Gasteiger partial charge in [-0.15, -0.1) is 0 Å². The van der Waals surface area contributed by atoms with E-state index in [1.807, 2.05) is 24.3 Å². The van der Waals surface area contributed by atoms with Gasteiger partial charge in [-0.1, -0.05) is 74.9 Å². The number of rotatable bonds is 8. The first-order valence-electron chi connectivity index (χ1n) is 11.7. The zero-order valence-corrected chi connectivity index (χ0v) is 19.1. The molecule has 1 unspecified atom stereocenters. The van der Waals surface area contributed by atoms with Crippen molar-refractivity contribution in [1.82, 2.24) is 4.57 Å². The molecule has 0 amide bonds. The molecule has 31 heavy (non-hydrogen) atoms. The van der Waals surface area contributed by atoms with Crippen molar-refractivity contribution in [2.24, 2.45) is 5.92 Å². The first kappa shape index (κ1) is 22.0. The van der Waals surface area contributed by atoms with Gasteiger partial charge >= 0.3 is 5.97 Å². The van der Waals surface area contributed by atoms with Crippen LogP contribution in [0, 0.1) is 5.92 Å². The highest BCUT2D eigenvalue weighted by atomic mass is 35.5. The van der Waals surface area contributed by atoms with E-state index in [1.54, 1.807) is 6.07 Å². The highest BCUT2D eigenvalue weighted by Crippen LogP contribution is 2.37. The zero-order valence-electron chi connectivity index (χ0n) is 18.4. The first-order valence-corrected chi connectivity index (χ1v) is 12.1. The largest absolute Gasteiger partial charge is 0.478 e. The molecule has 0 radical (unpaired) electrons. The number of aromatic carboxylic acids is 1. The molecule has 1 heterocycles. The van der Waals surface area contributed by atoms with Crippen LogP contribution in [0.25, 0.3) is 10.9 Å². The van der Waals surface area contributed by atoms with Crippen molar-refractivity contribution in [1.29, 1.82) is 0 Å². The number of fused-ring (bicyclic) bond motifs is 3. The summed E-state index contributed by atoms with van der Waals surface area (Å²) in [5, 5.41) is 11.7. The lowest BCUT2D eigenvalue weighted by molar-refractivity contribution is 0.0698. The van der Waals surface area contributed by atoms with E-state index in [9.17, 15) is 9.90 Å². The molecule has 2 aromatic carbocycles. The van der Waals surface area contributed by atoms with E-state index in [2.05, 4.69) is 23.6 Å². The van der Waals surface area contributed by atoms with Gasteiger partial charge < -0.3 is 9.67 Å². The number of hydrogen-bond donors (Lipinski definition) is 1. The monoisotopic (exact) mass is 437 g/mol. The lowest BCUT2D eigenvalue weighted by Crippen LogP contribution is -2.12. The van der Waals surface area contributed by atoms with Gasteiger partial charge in [-0.25, -0.2) is 4.79 Å². The van der Waals surface area contributed by atoms with Crippen LogP contribution >= 0.6 is 11.6 Å². The summed E-state index contributed by atoms with van der Waals surface area (Å²) in [5.74, 6) is -0.185. The van der Waals surface area contributed by atoms with Gasteiger partial charge in [0.1, 0.15) is 0 Å². The second-order valence-corrected chi connectivity index (χ2v) is 9.40. The Morgan fingerprint density at radius 2 is 2.00 bits per heavy atom. The quantitative estimate of drug-likeness (QED) is 0.292. The Balaban J connectivity index is 1.77. The van der Waals surface area contributed by atoms with E-state index >= 15 is 0 Å². The third-order valence-electron chi connectivity index (χ3n) is 6.75. The Morgan fingerprint density at radius 3 is 2.77 bits per heavy atom. The van der Waals surface area contributed by atoms with Crippen molar-refractivity contribution in [3.8, 4) is 0 Å². The summed E-state index contributed by atoms with van der Waals surface area (Å²) in [5.41, 5.74) is 5.06. The summed E-state index contributed by atoms with van der Waals surface area (Å²) in [4.78, 5) is 12.1. The van der Waals surface area contributed by atoms with Crippen LogP contribution in [-0.4, -0.2) is 15.6 Å². The number of unbranched alkanes of at least 4 members (excludes halogenated alkanes) is 3. The van der Waals surface area contributed by atoms with Crippen LogP contribution in [0.2, 0.25) is 5.02 Å². The molecule has 1 N–H and O–H groups in total. The van der Waals surface area contributed by atoms with Crippen molar-refractivity contribution in [2.45, 2.75) is 71.3 Å². The van der Waals surface area contributed by atoms with Gasteiger partial charge in [0.2, 0.25) is 0 Å². The van der Waals surface area contributed by atoms with Crippen molar-refractivity contribution in [3.63, 3.8) is 0 Å². The summed E-state index contributed by atoms with van der Waals surface area (Å²) in [6, 6.07) is 13.7.